The van der Waals surface area contributed by atoms with E-state index in [0.717, 1.165) is 11.3 Å². The maximum Gasteiger partial charge on any atom is 0.262 e. The van der Waals surface area contributed by atoms with Crippen LogP contribution in [0.1, 0.15) is 19.4 Å². The van der Waals surface area contributed by atoms with Crippen LogP contribution in [0.5, 0.6) is 5.75 Å². The molecule has 1 aromatic heterocycles. The van der Waals surface area contributed by atoms with Gasteiger partial charge in [-0.1, -0.05) is 36.0 Å². The van der Waals surface area contributed by atoms with Crippen LogP contribution in [-0.2, 0) is 11.3 Å². The first-order valence-corrected chi connectivity index (χ1v) is 9.98. The number of benzene rings is 2. The first-order valence-electron chi connectivity index (χ1n) is 9.10. The standard InChI is InChI=1S/C21H23N3O3S/c1-4-22-19(25)14(2)28-21-23-18-8-6-5-7-17(18)20(26)24(21)13-15-9-11-16(27-3)12-10-15/h5-12,14H,4,13H2,1-3H3,(H,22,25)/t14-/m1/s1. The van der Waals surface area contributed by atoms with Crippen molar-refractivity contribution in [2.45, 2.75) is 30.8 Å². The van der Waals surface area contributed by atoms with Gasteiger partial charge in [0, 0.05) is 6.54 Å². The first kappa shape index (κ1) is 19.9. The number of carbonyl (C=O) groups excluding carboxylic acids is 1. The van der Waals surface area contributed by atoms with Gasteiger partial charge in [0.2, 0.25) is 5.91 Å². The fourth-order valence-electron chi connectivity index (χ4n) is 2.82. The van der Waals surface area contributed by atoms with Gasteiger partial charge < -0.3 is 10.1 Å². The number of carbonyl (C=O) groups is 1. The molecule has 7 heteroatoms. The highest BCUT2D eigenvalue weighted by molar-refractivity contribution is 8.00. The number of amides is 1. The van der Waals surface area contributed by atoms with Gasteiger partial charge >= 0.3 is 0 Å². The normalized spacial score (nSPS) is 12.0. The van der Waals surface area contributed by atoms with Crippen molar-refractivity contribution in [3.05, 3.63) is 64.4 Å². The molecule has 0 unspecified atom stereocenters. The lowest BCUT2D eigenvalue weighted by Crippen LogP contribution is -2.32. The molecule has 6 nitrogen and oxygen atoms in total. The molecule has 0 aliphatic heterocycles. The molecule has 28 heavy (non-hydrogen) atoms. The molecule has 0 aliphatic carbocycles. The van der Waals surface area contributed by atoms with Crippen molar-refractivity contribution in [1.29, 1.82) is 0 Å². The smallest absolute Gasteiger partial charge is 0.262 e. The van der Waals surface area contributed by atoms with Crippen molar-refractivity contribution < 1.29 is 9.53 Å². The van der Waals surface area contributed by atoms with E-state index in [1.54, 1.807) is 17.7 Å². The number of methoxy groups -OCH3 is 1. The Morgan fingerprint density at radius 3 is 2.61 bits per heavy atom. The van der Waals surface area contributed by atoms with E-state index in [1.165, 1.54) is 11.8 Å². The van der Waals surface area contributed by atoms with Crippen molar-refractivity contribution in [2.24, 2.45) is 0 Å². The molecule has 0 fully saturated rings. The zero-order valence-electron chi connectivity index (χ0n) is 16.1. The summed E-state index contributed by atoms with van der Waals surface area (Å²) in [5.74, 6) is 0.679. The van der Waals surface area contributed by atoms with Crippen molar-refractivity contribution in [3.8, 4) is 5.75 Å². The second-order valence-electron chi connectivity index (χ2n) is 6.31. The monoisotopic (exact) mass is 397 g/mol. The highest BCUT2D eigenvalue weighted by Gasteiger charge is 2.19. The van der Waals surface area contributed by atoms with Crippen LogP contribution in [0.25, 0.3) is 10.9 Å². The molecule has 146 valence electrons. The van der Waals surface area contributed by atoms with E-state index in [-0.39, 0.29) is 16.7 Å². The fourth-order valence-corrected chi connectivity index (χ4v) is 3.75. The number of nitrogens with zero attached hydrogens (tertiary/aromatic N) is 2. The Kier molecular flexibility index (Phi) is 6.36. The third-order valence-electron chi connectivity index (χ3n) is 4.33. The quantitative estimate of drug-likeness (QED) is 0.490. The average Bonchev–Trinajstić information content (AvgIpc) is 2.71. The second-order valence-corrected chi connectivity index (χ2v) is 7.61. The van der Waals surface area contributed by atoms with E-state index in [2.05, 4.69) is 10.3 Å². The summed E-state index contributed by atoms with van der Waals surface area (Å²) in [5, 5.41) is 3.53. The highest BCUT2D eigenvalue weighted by atomic mass is 32.2. The van der Waals surface area contributed by atoms with Crippen LogP contribution in [-0.4, -0.2) is 34.4 Å². The van der Waals surface area contributed by atoms with Crippen LogP contribution in [0, 0.1) is 0 Å². The van der Waals surface area contributed by atoms with Crippen LogP contribution < -0.4 is 15.6 Å². The summed E-state index contributed by atoms with van der Waals surface area (Å²) >= 11 is 1.29. The summed E-state index contributed by atoms with van der Waals surface area (Å²) in [6, 6.07) is 14.8. The van der Waals surface area contributed by atoms with Gasteiger partial charge in [0.25, 0.3) is 5.56 Å². The van der Waals surface area contributed by atoms with Crippen LogP contribution in [0.3, 0.4) is 0 Å². The van der Waals surface area contributed by atoms with E-state index in [1.807, 2.05) is 56.3 Å². The summed E-state index contributed by atoms with van der Waals surface area (Å²) < 4.78 is 6.83. The minimum absolute atomic E-state index is 0.0779. The van der Waals surface area contributed by atoms with Gasteiger partial charge in [-0.25, -0.2) is 4.98 Å². The summed E-state index contributed by atoms with van der Waals surface area (Å²) in [7, 11) is 1.62. The molecule has 0 saturated carbocycles. The number of thioether (sulfide) groups is 1. The van der Waals surface area contributed by atoms with Crippen molar-refractivity contribution in [3.63, 3.8) is 0 Å². The van der Waals surface area contributed by atoms with Gasteiger partial charge in [-0.3, -0.25) is 14.2 Å². The molecule has 2 aromatic carbocycles. The van der Waals surface area contributed by atoms with E-state index in [9.17, 15) is 9.59 Å². The Balaban J connectivity index is 2.03. The van der Waals surface area contributed by atoms with Crippen LogP contribution in [0.4, 0.5) is 0 Å². The molecule has 0 saturated heterocycles. The van der Waals surface area contributed by atoms with Gasteiger partial charge in [-0.2, -0.15) is 0 Å². The Labute approximate surface area is 167 Å². The number of aromatic nitrogens is 2. The van der Waals surface area contributed by atoms with Gasteiger partial charge in [0.05, 0.1) is 29.8 Å². The number of fused-ring (bicyclic) bond motifs is 1. The minimum Gasteiger partial charge on any atom is -0.497 e. The molecule has 0 bridgehead atoms. The number of para-hydroxylation sites is 1. The zero-order chi connectivity index (χ0) is 20.1. The number of rotatable bonds is 7. The van der Waals surface area contributed by atoms with Gasteiger partial charge in [0.15, 0.2) is 5.16 Å². The number of hydrogen-bond donors (Lipinski definition) is 1. The predicted octanol–water partition coefficient (Wildman–Crippen LogP) is 3.07. The Morgan fingerprint density at radius 2 is 1.93 bits per heavy atom. The van der Waals surface area contributed by atoms with Crippen LogP contribution in [0.15, 0.2) is 58.5 Å². The van der Waals surface area contributed by atoms with E-state index < -0.39 is 0 Å². The van der Waals surface area contributed by atoms with Gasteiger partial charge in [0.1, 0.15) is 5.75 Å². The van der Waals surface area contributed by atoms with E-state index in [0.29, 0.717) is 29.1 Å². The molecule has 0 aliphatic rings. The van der Waals surface area contributed by atoms with Gasteiger partial charge in [-0.15, -0.1) is 0 Å². The SMILES string of the molecule is CCNC(=O)[C@@H](C)Sc1nc2ccccc2c(=O)n1Cc1ccc(OC)cc1. The third-order valence-corrected chi connectivity index (χ3v) is 5.42. The first-order chi connectivity index (χ1) is 13.5. The topological polar surface area (TPSA) is 73.2 Å². The average molecular weight is 398 g/mol. The van der Waals surface area contributed by atoms with Crippen molar-refractivity contribution in [1.82, 2.24) is 14.9 Å². The minimum atomic E-state index is -0.366. The fraction of sp³-hybridized carbons (Fsp3) is 0.286. The van der Waals surface area contributed by atoms with Crippen LogP contribution in [0.2, 0.25) is 0 Å². The summed E-state index contributed by atoms with van der Waals surface area (Å²) in [4.78, 5) is 30.0. The Bertz CT molecular complexity index is 1030. The van der Waals surface area contributed by atoms with Crippen molar-refractivity contribution >= 4 is 28.6 Å². The molecule has 0 radical (unpaired) electrons. The molecule has 3 aromatic rings. The second kappa shape index (κ2) is 8.93. The molecule has 1 amide bonds. The third kappa shape index (κ3) is 4.36. The molecular formula is C21H23N3O3S. The maximum absolute atomic E-state index is 13.1. The molecule has 0 spiro atoms. The summed E-state index contributed by atoms with van der Waals surface area (Å²) in [5.41, 5.74) is 1.46. The van der Waals surface area contributed by atoms with E-state index >= 15 is 0 Å². The predicted molar refractivity (Wildman–Crippen MR) is 112 cm³/mol. The lowest BCUT2D eigenvalue weighted by Gasteiger charge is -2.16. The Hall–Kier alpha value is -2.80. The number of hydrogen-bond acceptors (Lipinski definition) is 5. The zero-order valence-corrected chi connectivity index (χ0v) is 17.0. The molecule has 3 rings (SSSR count). The maximum atomic E-state index is 13.1. The summed E-state index contributed by atoms with van der Waals surface area (Å²) in [6.45, 7) is 4.62. The number of nitrogens with one attached hydrogen (secondary N) is 1. The number of ether oxygens (including phenoxy) is 1. The molecule has 1 heterocycles. The summed E-state index contributed by atoms with van der Waals surface area (Å²) in [6.07, 6.45) is 0. The lowest BCUT2D eigenvalue weighted by molar-refractivity contribution is -0.120. The largest absolute Gasteiger partial charge is 0.497 e. The van der Waals surface area contributed by atoms with Gasteiger partial charge in [-0.05, 0) is 43.7 Å². The lowest BCUT2D eigenvalue weighted by atomic mass is 10.2. The van der Waals surface area contributed by atoms with Crippen molar-refractivity contribution in [2.75, 3.05) is 13.7 Å². The van der Waals surface area contributed by atoms with E-state index in [4.69, 9.17) is 4.74 Å². The molecule has 1 N–H and O–H groups in total. The highest BCUT2D eigenvalue weighted by Crippen LogP contribution is 2.23. The Morgan fingerprint density at radius 1 is 1.21 bits per heavy atom. The molecular weight excluding hydrogens is 374 g/mol. The molecule has 1 atom stereocenters. The van der Waals surface area contributed by atoms with Crippen LogP contribution >= 0.6 is 11.8 Å².